The molecule has 0 aliphatic carbocycles. The SMILES string of the molecule is NC(=O)c1cnn2cc(-c3cnccn3)cc2c1N. The number of aromatic nitrogens is 4. The number of carbonyl (C=O) groups excluding carboxylic acids is 1. The molecule has 3 heterocycles. The number of hydrogen-bond acceptors (Lipinski definition) is 5. The zero-order valence-corrected chi connectivity index (χ0v) is 9.82. The number of nitrogens with zero attached hydrogens (tertiary/aromatic N) is 4. The topological polar surface area (TPSA) is 112 Å². The van der Waals surface area contributed by atoms with Crippen LogP contribution in [0.1, 0.15) is 10.4 Å². The van der Waals surface area contributed by atoms with Gasteiger partial charge in [0.1, 0.15) is 0 Å². The summed E-state index contributed by atoms with van der Waals surface area (Å²) in [6, 6.07) is 1.79. The van der Waals surface area contributed by atoms with E-state index in [0.29, 0.717) is 16.9 Å². The number of fused-ring (bicyclic) bond motifs is 1. The van der Waals surface area contributed by atoms with Crippen molar-refractivity contribution in [3.05, 3.63) is 42.6 Å². The lowest BCUT2D eigenvalue weighted by Crippen LogP contribution is -2.15. The van der Waals surface area contributed by atoms with Crippen molar-refractivity contribution in [1.82, 2.24) is 19.6 Å². The van der Waals surface area contributed by atoms with Gasteiger partial charge in [-0.2, -0.15) is 5.10 Å². The van der Waals surface area contributed by atoms with Crippen LogP contribution in [0.25, 0.3) is 16.8 Å². The summed E-state index contributed by atoms with van der Waals surface area (Å²) in [5.41, 5.74) is 13.8. The smallest absolute Gasteiger partial charge is 0.252 e. The molecule has 0 radical (unpaired) electrons. The number of nitrogen functional groups attached to an aromatic ring is 1. The van der Waals surface area contributed by atoms with E-state index in [1.807, 2.05) is 0 Å². The maximum Gasteiger partial charge on any atom is 0.252 e. The lowest BCUT2D eigenvalue weighted by atomic mass is 10.2. The van der Waals surface area contributed by atoms with Gasteiger partial charge in [-0.1, -0.05) is 0 Å². The molecule has 0 aromatic carbocycles. The first-order chi connectivity index (χ1) is 9.16. The first-order valence-electron chi connectivity index (χ1n) is 5.50. The number of rotatable bonds is 2. The number of primary amides is 1. The largest absolute Gasteiger partial charge is 0.396 e. The van der Waals surface area contributed by atoms with Crippen LogP contribution in [0.15, 0.2) is 37.1 Å². The minimum absolute atomic E-state index is 0.205. The number of nitrogens with two attached hydrogens (primary N) is 2. The summed E-state index contributed by atoms with van der Waals surface area (Å²) in [7, 11) is 0. The molecule has 4 N–H and O–H groups in total. The standard InChI is InChI=1S/C12H10N6O/c13-11-8(12(14)19)4-17-18-6-7(3-10(11)18)9-5-15-1-2-16-9/h1-6H,13H2,(H2,14,19). The van der Waals surface area contributed by atoms with E-state index in [9.17, 15) is 4.79 Å². The van der Waals surface area contributed by atoms with Crippen molar-refractivity contribution >= 4 is 17.1 Å². The number of amides is 1. The Labute approximate surface area is 107 Å². The van der Waals surface area contributed by atoms with Gasteiger partial charge in [-0.05, 0) is 6.07 Å². The second kappa shape index (κ2) is 4.05. The Hall–Kier alpha value is -2.96. The number of hydrogen-bond donors (Lipinski definition) is 2. The van der Waals surface area contributed by atoms with E-state index in [0.717, 1.165) is 5.56 Å². The van der Waals surface area contributed by atoms with E-state index in [-0.39, 0.29) is 5.56 Å². The minimum atomic E-state index is -0.602. The predicted octanol–water partition coefficient (Wildman–Crippen LogP) is 0.472. The molecule has 3 aromatic heterocycles. The average Bonchev–Trinajstić information content (AvgIpc) is 2.85. The molecule has 0 unspecified atom stereocenters. The molecular formula is C12H10N6O. The third-order valence-corrected chi connectivity index (χ3v) is 2.80. The molecule has 94 valence electrons. The van der Waals surface area contributed by atoms with Crippen LogP contribution < -0.4 is 11.5 Å². The minimum Gasteiger partial charge on any atom is -0.396 e. The summed E-state index contributed by atoms with van der Waals surface area (Å²) in [4.78, 5) is 19.4. The molecule has 0 saturated carbocycles. The highest BCUT2D eigenvalue weighted by molar-refractivity contribution is 6.01. The Morgan fingerprint density at radius 3 is 2.79 bits per heavy atom. The maximum atomic E-state index is 11.2. The van der Waals surface area contributed by atoms with Gasteiger partial charge in [-0.25, -0.2) is 4.52 Å². The fourth-order valence-corrected chi connectivity index (χ4v) is 1.86. The monoisotopic (exact) mass is 254 g/mol. The van der Waals surface area contributed by atoms with Gasteiger partial charge >= 0.3 is 0 Å². The third-order valence-electron chi connectivity index (χ3n) is 2.80. The van der Waals surface area contributed by atoms with Crippen molar-refractivity contribution in [3.8, 4) is 11.3 Å². The molecule has 19 heavy (non-hydrogen) atoms. The van der Waals surface area contributed by atoms with Gasteiger partial charge in [0.15, 0.2) is 0 Å². The summed E-state index contributed by atoms with van der Waals surface area (Å²) in [6.45, 7) is 0. The van der Waals surface area contributed by atoms with Crippen LogP contribution in [-0.4, -0.2) is 25.5 Å². The molecule has 0 bridgehead atoms. The molecule has 3 rings (SSSR count). The van der Waals surface area contributed by atoms with Crippen LogP contribution in [0.2, 0.25) is 0 Å². The quantitative estimate of drug-likeness (QED) is 0.690. The van der Waals surface area contributed by atoms with Crippen molar-refractivity contribution < 1.29 is 4.79 Å². The van der Waals surface area contributed by atoms with Crippen LogP contribution in [0, 0.1) is 0 Å². The van der Waals surface area contributed by atoms with Crippen LogP contribution in [-0.2, 0) is 0 Å². The van der Waals surface area contributed by atoms with E-state index >= 15 is 0 Å². The Morgan fingerprint density at radius 1 is 1.26 bits per heavy atom. The van der Waals surface area contributed by atoms with Gasteiger partial charge in [-0.3, -0.25) is 14.8 Å². The normalized spacial score (nSPS) is 10.7. The summed E-state index contributed by atoms with van der Waals surface area (Å²) in [6.07, 6.45) is 7.95. The molecule has 1 amide bonds. The fraction of sp³-hybridized carbons (Fsp3) is 0. The zero-order chi connectivity index (χ0) is 13.4. The van der Waals surface area contributed by atoms with Crippen molar-refractivity contribution in [2.45, 2.75) is 0 Å². The highest BCUT2D eigenvalue weighted by Gasteiger charge is 2.13. The summed E-state index contributed by atoms with van der Waals surface area (Å²) in [5, 5.41) is 4.10. The van der Waals surface area contributed by atoms with Crippen LogP contribution >= 0.6 is 0 Å². The van der Waals surface area contributed by atoms with Gasteiger partial charge in [0, 0.05) is 24.2 Å². The van der Waals surface area contributed by atoms with Crippen molar-refractivity contribution in [3.63, 3.8) is 0 Å². The number of carbonyl (C=O) groups is 1. The van der Waals surface area contributed by atoms with Crippen molar-refractivity contribution in [2.24, 2.45) is 5.73 Å². The van der Waals surface area contributed by atoms with Gasteiger partial charge in [-0.15, -0.1) is 0 Å². The van der Waals surface area contributed by atoms with Crippen LogP contribution in [0.3, 0.4) is 0 Å². The van der Waals surface area contributed by atoms with E-state index < -0.39 is 5.91 Å². The third kappa shape index (κ3) is 1.77. The molecule has 7 nitrogen and oxygen atoms in total. The Morgan fingerprint density at radius 2 is 2.11 bits per heavy atom. The maximum absolute atomic E-state index is 11.2. The first-order valence-corrected chi connectivity index (χ1v) is 5.50. The van der Waals surface area contributed by atoms with Gasteiger partial charge in [0.2, 0.25) is 0 Å². The van der Waals surface area contributed by atoms with Gasteiger partial charge in [0.05, 0.1) is 34.9 Å². The molecular weight excluding hydrogens is 244 g/mol. The summed E-state index contributed by atoms with van der Waals surface area (Å²) < 4.78 is 1.58. The second-order valence-electron chi connectivity index (χ2n) is 3.99. The van der Waals surface area contributed by atoms with Crippen molar-refractivity contribution in [1.29, 1.82) is 0 Å². The molecule has 7 heteroatoms. The Bertz CT molecular complexity index is 764. The Kier molecular flexibility index (Phi) is 2.38. The molecule has 0 aliphatic heterocycles. The van der Waals surface area contributed by atoms with Gasteiger partial charge in [0.25, 0.3) is 5.91 Å². The molecule has 0 fully saturated rings. The highest BCUT2D eigenvalue weighted by atomic mass is 16.1. The highest BCUT2D eigenvalue weighted by Crippen LogP contribution is 2.24. The average molecular weight is 254 g/mol. The van der Waals surface area contributed by atoms with Crippen LogP contribution in [0.5, 0.6) is 0 Å². The summed E-state index contributed by atoms with van der Waals surface area (Å²) >= 11 is 0. The molecule has 0 spiro atoms. The van der Waals surface area contributed by atoms with E-state index in [2.05, 4.69) is 15.1 Å². The van der Waals surface area contributed by atoms with E-state index in [4.69, 9.17) is 11.5 Å². The van der Waals surface area contributed by atoms with E-state index in [1.165, 1.54) is 6.20 Å². The first kappa shape index (κ1) is 11.1. The molecule has 3 aromatic rings. The summed E-state index contributed by atoms with van der Waals surface area (Å²) in [5.74, 6) is -0.602. The second-order valence-corrected chi connectivity index (χ2v) is 3.99. The van der Waals surface area contributed by atoms with E-state index in [1.54, 1.807) is 35.4 Å². The number of anilines is 1. The van der Waals surface area contributed by atoms with Crippen LogP contribution in [0.4, 0.5) is 5.69 Å². The molecule has 0 atom stereocenters. The predicted molar refractivity (Wildman–Crippen MR) is 69.1 cm³/mol. The Balaban J connectivity index is 2.22. The zero-order valence-electron chi connectivity index (χ0n) is 9.82. The molecule has 0 aliphatic rings. The van der Waals surface area contributed by atoms with Crippen molar-refractivity contribution in [2.75, 3.05) is 5.73 Å². The lowest BCUT2D eigenvalue weighted by Gasteiger charge is -2.02. The molecule has 0 saturated heterocycles. The lowest BCUT2D eigenvalue weighted by molar-refractivity contribution is 0.100. The van der Waals surface area contributed by atoms with Gasteiger partial charge < -0.3 is 11.5 Å². The fourth-order valence-electron chi connectivity index (χ4n) is 1.86.